The number of aliphatic hydroxyl groups excluding tert-OH is 10. The summed E-state index contributed by atoms with van der Waals surface area (Å²) in [6, 6.07) is 15.9. The molecular formula is C39H56ClN7O12. The number of aryl methyl sites for hydroxylation is 2. The number of hydrogen-bond donors (Lipinski definition) is 13. The van der Waals surface area contributed by atoms with E-state index in [1.165, 1.54) is 11.1 Å². The number of benzene rings is 2. The maximum atomic E-state index is 12.7. The van der Waals surface area contributed by atoms with Crippen LogP contribution < -0.4 is 16.8 Å². The fraction of sp³-hybridized carbons (Fsp3) is 0.513. The van der Waals surface area contributed by atoms with Crippen molar-refractivity contribution in [1.29, 1.82) is 0 Å². The van der Waals surface area contributed by atoms with E-state index in [1.807, 2.05) is 36.4 Å². The molecule has 2 aromatic carbocycles. The van der Waals surface area contributed by atoms with Gasteiger partial charge in [0.25, 0.3) is 5.91 Å². The first-order chi connectivity index (χ1) is 28.1. The van der Waals surface area contributed by atoms with Crippen LogP contribution in [0.5, 0.6) is 0 Å². The van der Waals surface area contributed by atoms with Gasteiger partial charge in [0.05, 0.1) is 31.6 Å². The minimum Gasteiger partial charge on any atom is -0.394 e. The van der Waals surface area contributed by atoms with Crippen LogP contribution in [0.3, 0.4) is 0 Å². The third-order valence-corrected chi connectivity index (χ3v) is 9.73. The molecule has 1 aromatic heterocycles. The lowest BCUT2D eigenvalue weighted by atomic mass is 9.99. The molecule has 0 aliphatic heterocycles. The molecule has 0 unspecified atom stereocenters. The third kappa shape index (κ3) is 15.7. The van der Waals surface area contributed by atoms with E-state index in [1.54, 1.807) is 0 Å². The molecule has 326 valence electrons. The highest BCUT2D eigenvalue weighted by molar-refractivity contribution is 6.29. The van der Waals surface area contributed by atoms with E-state index in [2.05, 4.69) is 32.4 Å². The molecule has 0 saturated heterocycles. The molecule has 2 amide bonds. The van der Waals surface area contributed by atoms with Crippen molar-refractivity contribution in [3.63, 3.8) is 0 Å². The molecule has 0 fully saturated rings. The van der Waals surface area contributed by atoms with Gasteiger partial charge in [0.1, 0.15) is 53.3 Å². The number of amidine groups is 1. The number of aromatic nitrogens is 2. The van der Waals surface area contributed by atoms with Crippen LogP contribution in [0.2, 0.25) is 5.15 Å². The summed E-state index contributed by atoms with van der Waals surface area (Å²) in [5, 5.41) is 102. The highest BCUT2D eigenvalue weighted by Gasteiger charge is 2.34. The Morgan fingerprint density at radius 3 is 1.69 bits per heavy atom. The molecule has 0 saturated carbocycles. The van der Waals surface area contributed by atoms with Gasteiger partial charge in [-0.25, -0.2) is 9.97 Å². The van der Waals surface area contributed by atoms with Gasteiger partial charge >= 0.3 is 0 Å². The van der Waals surface area contributed by atoms with Gasteiger partial charge < -0.3 is 67.8 Å². The monoisotopic (exact) mass is 849 g/mol. The fourth-order valence-corrected chi connectivity index (χ4v) is 6.13. The molecule has 0 aliphatic rings. The Labute approximate surface area is 346 Å². The van der Waals surface area contributed by atoms with Crippen LogP contribution in [0.4, 0.5) is 0 Å². The molecule has 1 heterocycles. The average molecular weight is 850 g/mol. The number of carbonyl (C=O) groups excluding carboxylic acids is 2. The van der Waals surface area contributed by atoms with E-state index in [0.717, 1.165) is 41.5 Å². The van der Waals surface area contributed by atoms with Crippen molar-refractivity contribution in [2.24, 2.45) is 16.5 Å². The first-order valence-corrected chi connectivity index (χ1v) is 19.4. The lowest BCUT2D eigenvalue weighted by Gasteiger charge is -2.33. The molecule has 0 bridgehead atoms. The van der Waals surface area contributed by atoms with Crippen LogP contribution in [0.15, 0.2) is 59.7 Å². The second-order valence-electron chi connectivity index (χ2n) is 14.1. The second-order valence-corrected chi connectivity index (χ2v) is 14.5. The van der Waals surface area contributed by atoms with Crippen molar-refractivity contribution in [3.05, 3.63) is 82.4 Å². The standard InChI is InChI=1S/C39H56ClN7O12/c40-30-17-45-32(33(46-30)39(42)59)38(41)44-14-2-1-3-22-4-9-24(10-5-22)25-11-6-23(7-12-25)8-13-31(54)43-15-16-47(18-26(50)34(55)36(57)28(52)20-48)19-27(51)35(56)37(58)29(53)21-49/h4-7,9-12,17,26-29,34-37,48-53,55-58H,1-3,8,13-16,18-21H2,(H2,41,44)(H2,42,59)(H,43,54)/t26-,27-,28+,29+,34+,35+,36+,37+/m0/s1. The van der Waals surface area contributed by atoms with E-state index >= 15 is 0 Å². The van der Waals surface area contributed by atoms with Gasteiger partial charge in [0, 0.05) is 39.1 Å². The average Bonchev–Trinajstić information content (AvgIpc) is 3.23. The molecule has 15 N–H and O–H groups in total. The number of aliphatic imine (C=N–C) groups is 1. The zero-order valence-corrected chi connectivity index (χ0v) is 33.2. The molecule has 3 aromatic rings. The van der Waals surface area contributed by atoms with E-state index in [4.69, 9.17) is 33.3 Å². The smallest absolute Gasteiger partial charge is 0.269 e. The molecule has 0 aliphatic carbocycles. The lowest BCUT2D eigenvalue weighted by molar-refractivity contribution is -0.130. The largest absolute Gasteiger partial charge is 0.394 e. The molecule has 8 atom stereocenters. The number of nitrogens with two attached hydrogens (primary N) is 2. The van der Waals surface area contributed by atoms with Crippen LogP contribution >= 0.6 is 11.6 Å². The zero-order chi connectivity index (χ0) is 43.6. The normalized spacial score (nSPS) is 16.2. The number of rotatable bonds is 26. The topological polar surface area (TPSA) is 342 Å². The quantitative estimate of drug-likeness (QED) is 0.0215. The first-order valence-electron chi connectivity index (χ1n) is 19.0. The molecule has 0 spiro atoms. The number of halogens is 1. The predicted molar refractivity (Wildman–Crippen MR) is 216 cm³/mol. The lowest BCUT2D eigenvalue weighted by Crippen LogP contribution is -2.54. The van der Waals surface area contributed by atoms with E-state index in [0.29, 0.717) is 13.0 Å². The van der Waals surface area contributed by atoms with E-state index < -0.39 is 81.0 Å². The molecule has 20 heteroatoms. The van der Waals surface area contributed by atoms with Crippen molar-refractivity contribution < 1.29 is 60.7 Å². The van der Waals surface area contributed by atoms with Gasteiger partial charge in [-0.2, -0.15) is 0 Å². The van der Waals surface area contributed by atoms with Gasteiger partial charge in [-0.05, 0) is 47.9 Å². The van der Waals surface area contributed by atoms with Crippen LogP contribution in [-0.2, 0) is 17.6 Å². The summed E-state index contributed by atoms with van der Waals surface area (Å²) in [7, 11) is 0. The van der Waals surface area contributed by atoms with Crippen molar-refractivity contribution >= 4 is 29.3 Å². The van der Waals surface area contributed by atoms with Crippen molar-refractivity contribution in [2.45, 2.75) is 80.9 Å². The fourth-order valence-electron chi connectivity index (χ4n) is 6.00. The minimum absolute atomic E-state index is 0.00920. The molecule has 19 nitrogen and oxygen atoms in total. The minimum atomic E-state index is -1.92. The van der Waals surface area contributed by atoms with Crippen LogP contribution in [0.1, 0.15) is 46.6 Å². The number of amides is 2. The molecule has 59 heavy (non-hydrogen) atoms. The van der Waals surface area contributed by atoms with Crippen molar-refractivity contribution in [1.82, 2.24) is 20.2 Å². The van der Waals surface area contributed by atoms with Crippen LogP contribution in [-0.4, -0.2) is 178 Å². The van der Waals surface area contributed by atoms with Gasteiger partial charge in [-0.3, -0.25) is 19.5 Å². The van der Waals surface area contributed by atoms with Gasteiger partial charge in [-0.15, -0.1) is 0 Å². The highest BCUT2D eigenvalue weighted by Crippen LogP contribution is 2.22. The molecule has 0 radical (unpaired) electrons. The summed E-state index contributed by atoms with van der Waals surface area (Å²) >= 11 is 5.80. The van der Waals surface area contributed by atoms with E-state index in [9.17, 15) is 50.4 Å². The number of nitrogens with one attached hydrogen (secondary N) is 1. The highest BCUT2D eigenvalue weighted by atomic mass is 35.5. The predicted octanol–water partition coefficient (Wildman–Crippen LogP) is -3.15. The molecule has 3 rings (SSSR count). The van der Waals surface area contributed by atoms with Crippen LogP contribution in [0, 0.1) is 0 Å². The summed E-state index contributed by atoms with van der Waals surface area (Å²) in [5.74, 6) is -1.05. The molecular weight excluding hydrogens is 794 g/mol. The maximum Gasteiger partial charge on any atom is 0.269 e. The van der Waals surface area contributed by atoms with Gasteiger partial charge in [0.15, 0.2) is 5.69 Å². The first kappa shape index (κ1) is 49.1. The Morgan fingerprint density at radius 2 is 1.20 bits per heavy atom. The Hall–Kier alpha value is -4.22. The summed E-state index contributed by atoms with van der Waals surface area (Å²) < 4.78 is 0. The number of aliphatic hydroxyl groups is 10. The van der Waals surface area contributed by atoms with Gasteiger partial charge in [-0.1, -0.05) is 60.1 Å². The summed E-state index contributed by atoms with van der Waals surface area (Å²) in [4.78, 5) is 37.9. The number of nitrogens with zero attached hydrogens (tertiary/aromatic N) is 4. The Morgan fingerprint density at radius 1 is 0.712 bits per heavy atom. The third-order valence-electron chi connectivity index (χ3n) is 9.55. The number of carbonyl (C=O) groups is 2. The van der Waals surface area contributed by atoms with Crippen molar-refractivity contribution in [3.8, 4) is 11.1 Å². The van der Waals surface area contributed by atoms with E-state index in [-0.39, 0.29) is 47.8 Å². The number of unbranched alkanes of at least 4 members (excludes halogenated alkanes) is 1. The second kappa shape index (κ2) is 24.8. The Bertz CT molecular complexity index is 1750. The summed E-state index contributed by atoms with van der Waals surface area (Å²) in [6.07, 6.45) is -10.4. The van der Waals surface area contributed by atoms with Crippen molar-refractivity contribution in [2.75, 3.05) is 45.9 Å². The van der Waals surface area contributed by atoms with Gasteiger partial charge in [0.2, 0.25) is 5.91 Å². The Balaban J connectivity index is 1.47. The number of primary amides is 1. The number of hydrogen-bond acceptors (Lipinski definition) is 16. The summed E-state index contributed by atoms with van der Waals surface area (Å²) in [6.45, 7) is -2.30. The Kier molecular flexibility index (Phi) is 20.6. The van der Waals surface area contributed by atoms with Crippen LogP contribution in [0.25, 0.3) is 11.1 Å². The SMILES string of the molecule is NC(=O)c1nc(Cl)cnc1C(N)=NCCCCc1ccc(-c2ccc(CCC(=O)NCCN(C[C@H](O)[C@@H](O)[C@H](O)[C@H](O)CO)C[C@H](O)[C@@H](O)[C@H](O)[C@H](O)CO)cc2)cc1. The zero-order valence-electron chi connectivity index (χ0n) is 32.4. The maximum absolute atomic E-state index is 12.7. The summed E-state index contributed by atoms with van der Waals surface area (Å²) in [5.41, 5.74) is 15.4.